The summed E-state index contributed by atoms with van der Waals surface area (Å²) in [5.41, 5.74) is 6.56. The van der Waals surface area contributed by atoms with Gasteiger partial charge in [-0.3, -0.25) is 4.57 Å². The molecule has 0 radical (unpaired) electrons. The van der Waals surface area contributed by atoms with Crippen molar-refractivity contribution < 1.29 is 9.90 Å². The summed E-state index contributed by atoms with van der Waals surface area (Å²) in [6, 6.07) is 20.4. The van der Waals surface area contributed by atoms with Gasteiger partial charge in [0, 0.05) is 17.3 Å². The van der Waals surface area contributed by atoms with Crippen molar-refractivity contribution in [2.24, 2.45) is 0 Å². The van der Waals surface area contributed by atoms with E-state index in [1.807, 2.05) is 24.3 Å². The number of nitrogens with zero attached hydrogens (tertiary/aromatic N) is 3. The molecule has 2 aromatic carbocycles. The van der Waals surface area contributed by atoms with E-state index in [2.05, 4.69) is 63.5 Å². The van der Waals surface area contributed by atoms with Crippen LogP contribution >= 0.6 is 0 Å². The number of aryl methyl sites for hydroxylation is 1. The molecule has 34 heavy (non-hydrogen) atoms. The number of aromatic nitrogens is 3. The summed E-state index contributed by atoms with van der Waals surface area (Å²) < 4.78 is 2.20. The molecule has 0 atom stereocenters. The number of para-hydroxylation sites is 1. The maximum absolute atomic E-state index is 11.4. The van der Waals surface area contributed by atoms with Crippen LogP contribution in [0.1, 0.15) is 37.4 Å². The zero-order valence-electron chi connectivity index (χ0n) is 18.9. The first-order valence-electron chi connectivity index (χ1n) is 11.6. The molecule has 0 unspecified atom stereocenters. The lowest BCUT2D eigenvalue weighted by atomic mass is 9.72. The van der Waals surface area contributed by atoms with Crippen LogP contribution in [-0.2, 0) is 12.0 Å². The number of amides is 1. The molecule has 1 amide bonds. The van der Waals surface area contributed by atoms with Crippen LogP contribution in [0.2, 0.25) is 0 Å². The first-order chi connectivity index (χ1) is 16.6. The SMILES string of the molecule is CCc1nc2n(c1-c1ccc(C3(NC(=O)O)CCC3)cc1)-c1cccnc1Nc1ccccc1-2. The number of rotatable bonds is 4. The van der Waals surface area contributed by atoms with Gasteiger partial charge >= 0.3 is 6.09 Å². The van der Waals surface area contributed by atoms with E-state index in [1.165, 1.54) is 0 Å². The van der Waals surface area contributed by atoms with Crippen LogP contribution in [0.15, 0.2) is 66.9 Å². The summed E-state index contributed by atoms with van der Waals surface area (Å²) in [5, 5.41) is 15.6. The molecule has 170 valence electrons. The number of carboxylic acid groups (broad SMARTS) is 1. The number of benzene rings is 2. The van der Waals surface area contributed by atoms with Crippen molar-refractivity contribution >= 4 is 17.6 Å². The van der Waals surface area contributed by atoms with Gasteiger partial charge in [-0.2, -0.15) is 0 Å². The first kappa shape index (κ1) is 20.5. The largest absolute Gasteiger partial charge is 0.465 e. The molecule has 1 fully saturated rings. The molecule has 1 aliphatic heterocycles. The van der Waals surface area contributed by atoms with Crippen molar-refractivity contribution in [1.82, 2.24) is 19.9 Å². The third-order valence-electron chi connectivity index (χ3n) is 7.00. The fraction of sp³-hybridized carbons (Fsp3) is 0.222. The van der Waals surface area contributed by atoms with Gasteiger partial charge in [0.1, 0.15) is 5.82 Å². The molecule has 6 rings (SSSR count). The predicted octanol–water partition coefficient (Wildman–Crippen LogP) is 5.87. The minimum absolute atomic E-state index is 0.481. The minimum atomic E-state index is -0.978. The summed E-state index contributed by atoms with van der Waals surface area (Å²) in [5.74, 6) is 1.67. The predicted molar refractivity (Wildman–Crippen MR) is 132 cm³/mol. The van der Waals surface area contributed by atoms with E-state index < -0.39 is 11.6 Å². The smallest absolute Gasteiger partial charge is 0.405 e. The van der Waals surface area contributed by atoms with Crippen molar-refractivity contribution in [3.8, 4) is 28.3 Å². The number of nitrogens with one attached hydrogen (secondary N) is 2. The summed E-state index contributed by atoms with van der Waals surface area (Å²) >= 11 is 0. The molecular formula is C27H25N5O2. The zero-order valence-corrected chi connectivity index (χ0v) is 18.9. The van der Waals surface area contributed by atoms with Crippen molar-refractivity contribution in [3.05, 3.63) is 78.1 Å². The van der Waals surface area contributed by atoms with Crippen LogP contribution in [0.3, 0.4) is 0 Å². The Morgan fingerprint density at radius 1 is 1.12 bits per heavy atom. The Labute approximate surface area is 197 Å². The Morgan fingerprint density at radius 3 is 2.62 bits per heavy atom. The van der Waals surface area contributed by atoms with E-state index in [1.54, 1.807) is 6.20 Å². The number of anilines is 2. The third kappa shape index (κ3) is 3.08. The number of imidazole rings is 1. The van der Waals surface area contributed by atoms with Crippen molar-refractivity contribution in [2.75, 3.05) is 5.32 Å². The Morgan fingerprint density at radius 2 is 1.91 bits per heavy atom. The van der Waals surface area contributed by atoms with E-state index in [4.69, 9.17) is 4.98 Å². The van der Waals surface area contributed by atoms with Gasteiger partial charge in [-0.25, -0.2) is 14.8 Å². The van der Waals surface area contributed by atoms with Gasteiger partial charge in [-0.05, 0) is 55.5 Å². The second kappa shape index (κ2) is 7.73. The molecule has 7 heteroatoms. The first-order valence-corrected chi connectivity index (χ1v) is 11.6. The number of pyridine rings is 1. The highest BCUT2D eigenvalue weighted by molar-refractivity contribution is 5.86. The Hall–Kier alpha value is -4.13. The lowest BCUT2D eigenvalue weighted by Crippen LogP contribution is -2.50. The van der Waals surface area contributed by atoms with Gasteiger partial charge in [0.15, 0.2) is 5.82 Å². The van der Waals surface area contributed by atoms with Gasteiger partial charge in [0.2, 0.25) is 0 Å². The molecule has 2 aliphatic rings. The van der Waals surface area contributed by atoms with Crippen LogP contribution in [0.25, 0.3) is 28.3 Å². The lowest BCUT2D eigenvalue weighted by Gasteiger charge is -2.42. The molecule has 0 saturated heterocycles. The Balaban J connectivity index is 1.54. The van der Waals surface area contributed by atoms with Gasteiger partial charge in [-0.15, -0.1) is 0 Å². The second-order valence-electron chi connectivity index (χ2n) is 8.90. The molecular weight excluding hydrogens is 426 g/mol. The van der Waals surface area contributed by atoms with Crippen LogP contribution in [0.4, 0.5) is 16.3 Å². The molecule has 3 heterocycles. The molecule has 7 nitrogen and oxygen atoms in total. The molecule has 1 saturated carbocycles. The molecule has 2 aromatic heterocycles. The Bertz CT molecular complexity index is 1400. The van der Waals surface area contributed by atoms with Gasteiger partial charge in [-0.1, -0.05) is 43.3 Å². The molecule has 1 aliphatic carbocycles. The van der Waals surface area contributed by atoms with Crippen LogP contribution in [0, 0.1) is 0 Å². The Kier molecular flexibility index (Phi) is 4.65. The fourth-order valence-electron chi connectivity index (χ4n) is 5.18. The molecule has 0 spiro atoms. The van der Waals surface area contributed by atoms with E-state index in [0.717, 1.165) is 76.8 Å². The summed E-state index contributed by atoms with van der Waals surface area (Å²) in [7, 11) is 0. The average Bonchev–Trinajstić information content (AvgIpc) is 3.15. The quantitative estimate of drug-likeness (QED) is 0.318. The topological polar surface area (TPSA) is 92.1 Å². The summed E-state index contributed by atoms with van der Waals surface area (Å²) in [4.78, 5) is 21.1. The van der Waals surface area contributed by atoms with E-state index in [-0.39, 0.29) is 0 Å². The summed E-state index contributed by atoms with van der Waals surface area (Å²) in [6.07, 6.45) is 4.26. The molecule has 4 aromatic rings. The van der Waals surface area contributed by atoms with Crippen LogP contribution < -0.4 is 10.6 Å². The fourth-order valence-corrected chi connectivity index (χ4v) is 5.18. The third-order valence-corrected chi connectivity index (χ3v) is 7.00. The van der Waals surface area contributed by atoms with Crippen LogP contribution in [0.5, 0.6) is 0 Å². The highest BCUT2D eigenvalue weighted by atomic mass is 16.4. The maximum Gasteiger partial charge on any atom is 0.405 e. The van der Waals surface area contributed by atoms with Crippen molar-refractivity contribution in [1.29, 1.82) is 0 Å². The highest BCUT2D eigenvalue weighted by Gasteiger charge is 2.40. The maximum atomic E-state index is 11.4. The van der Waals surface area contributed by atoms with E-state index >= 15 is 0 Å². The lowest BCUT2D eigenvalue weighted by molar-refractivity contribution is 0.144. The minimum Gasteiger partial charge on any atom is -0.465 e. The van der Waals surface area contributed by atoms with E-state index in [9.17, 15) is 9.90 Å². The number of hydrogen-bond acceptors (Lipinski definition) is 4. The number of carbonyl (C=O) groups is 1. The highest BCUT2D eigenvalue weighted by Crippen LogP contribution is 2.44. The summed E-state index contributed by atoms with van der Waals surface area (Å²) in [6.45, 7) is 2.12. The van der Waals surface area contributed by atoms with Crippen molar-refractivity contribution in [3.63, 3.8) is 0 Å². The molecule has 0 bridgehead atoms. The van der Waals surface area contributed by atoms with Gasteiger partial charge in [0.05, 0.1) is 28.3 Å². The van der Waals surface area contributed by atoms with E-state index in [0.29, 0.717) is 0 Å². The second-order valence-corrected chi connectivity index (χ2v) is 8.90. The van der Waals surface area contributed by atoms with Gasteiger partial charge < -0.3 is 15.7 Å². The van der Waals surface area contributed by atoms with Gasteiger partial charge in [0.25, 0.3) is 0 Å². The number of hydrogen-bond donors (Lipinski definition) is 3. The monoisotopic (exact) mass is 451 g/mol. The molecule has 3 N–H and O–H groups in total. The van der Waals surface area contributed by atoms with Crippen molar-refractivity contribution in [2.45, 2.75) is 38.1 Å². The standard InChI is InChI=1S/C27H25N5O2/c1-2-20-23(17-10-12-18(13-11-17)27(14-6-15-27)31-26(33)34)32-22-9-5-16-28-24(22)29-21-8-4-3-7-19(21)25(32)30-20/h3-5,7-13,16,31H,2,6,14-15H2,1H3,(H,28,29)(H,33,34). The number of fused-ring (bicyclic) bond motifs is 5. The zero-order chi connectivity index (χ0) is 23.3. The average molecular weight is 452 g/mol. The van der Waals surface area contributed by atoms with Crippen LogP contribution in [-0.4, -0.2) is 25.7 Å². The normalized spacial score (nSPS) is 15.1.